The number of benzene rings is 2. The van der Waals surface area contributed by atoms with Crippen molar-refractivity contribution >= 4 is 28.7 Å². The van der Waals surface area contributed by atoms with Gasteiger partial charge in [0, 0.05) is 36.2 Å². The normalized spacial score (nSPS) is 17.5. The molecule has 1 saturated heterocycles. The van der Waals surface area contributed by atoms with Gasteiger partial charge in [0.05, 0.1) is 11.3 Å². The maximum Gasteiger partial charge on any atom is 0.262 e. The van der Waals surface area contributed by atoms with Gasteiger partial charge in [0.15, 0.2) is 6.61 Å². The summed E-state index contributed by atoms with van der Waals surface area (Å²) in [6, 6.07) is 14.0. The summed E-state index contributed by atoms with van der Waals surface area (Å²) in [6.45, 7) is 5.81. The molecule has 4 rings (SSSR count). The molecule has 6 nitrogen and oxygen atoms in total. The Bertz CT molecular complexity index is 850. The van der Waals surface area contributed by atoms with Gasteiger partial charge in [-0.3, -0.25) is 4.79 Å². The molecule has 0 aromatic heterocycles. The van der Waals surface area contributed by atoms with Gasteiger partial charge in [0.25, 0.3) is 5.91 Å². The third kappa shape index (κ3) is 4.07. The Balaban J connectivity index is 1.38. The number of hydrogen-bond donors (Lipinski definition) is 3. The molecule has 2 aliphatic rings. The molecule has 2 aromatic carbocycles. The first-order chi connectivity index (χ1) is 13.4. The third-order valence-corrected chi connectivity index (χ3v) is 5.63. The number of ether oxygens (including phenoxy) is 1. The number of piperidine rings is 1. The fourth-order valence-corrected chi connectivity index (χ4v) is 3.92. The van der Waals surface area contributed by atoms with Crippen LogP contribution in [-0.2, 0) is 4.79 Å². The first-order valence-corrected chi connectivity index (χ1v) is 9.79. The van der Waals surface area contributed by atoms with Crippen molar-refractivity contribution in [3.63, 3.8) is 0 Å². The smallest absolute Gasteiger partial charge is 0.262 e. The Morgan fingerprint density at radius 1 is 1.11 bits per heavy atom. The second-order valence-electron chi connectivity index (χ2n) is 8.13. The van der Waals surface area contributed by atoms with Crippen LogP contribution in [0.25, 0.3) is 0 Å². The van der Waals surface area contributed by atoms with Crippen LogP contribution in [-0.4, -0.2) is 36.3 Å². The molecule has 1 fully saturated rings. The molecule has 28 heavy (non-hydrogen) atoms. The highest BCUT2D eigenvalue weighted by molar-refractivity contribution is 5.95. The molecule has 1 amide bonds. The zero-order chi connectivity index (χ0) is 19.7. The molecule has 0 atom stereocenters. The second-order valence-corrected chi connectivity index (χ2v) is 8.13. The topological polar surface area (TPSA) is 73.8 Å². The zero-order valence-corrected chi connectivity index (χ0v) is 16.4. The summed E-state index contributed by atoms with van der Waals surface area (Å²) in [4.78, 5) is 13.7. The van der Waals surface area contributed by atoms with Crippen molar-refractivity contribution in [3.8, 4) is 5.75 Å². The highest BCUT2D eigenvalue weighted by Crippen LogP contribution is 2.33. The van der Waals surface area contributed by atoms with E-state index in [4.69, 9.17) is 4.74 Å². The van der Waals surface area contributed by atoms with Crippen molar-refractivity contribution in [2.75, 3.05) is 35.2 Å². The lowest BCUT2D eigenvalue weighted by molar-refractivity contribution is -0.118. The van der Waals surface area contributed by atoms with Crippen LogP contribution in [0.4, 0.5) is 22.7 Å². The zero-order valence-electron chi connectivity index (χ0n) is 16.4. The van der Waals surface area contributed by atoms with Crippen LogP contribution in [0.5, 0.6) is 5.75 Å². The summed E-state index contributed by atoms with van der Waals surface area (Å²) < 4.78 is 5.47. The first-order valence-electron chi connectivity index (χ1n) is 9.79. The van der Waals surface area contributed by atoms with E-state index in [0.717, 1.165) is 37.3 Å². The molecule has 0 spiro atoms. The molecule has 148 valence electrons. The number of carbonyl (C=O) groups excluding carboxylic acids is 1. The number of nitrogens with zero attached hydrogens (tertiary/aromatic N) is 1. The molecular weight excluding hydrogens is 354 g/mol. The van der Waals surface area contributed by atoms with Crippen LogP contribution in [0, 0.1) is 5.92 Å². The number of aliphatic hydroxyl groups is 1. The summed E-state index contributed by atoms with van der Waals surface area (Å²) in [7, 11) is 0. The summed E-state index contributed by atoms with van der Waals surface area (Å²) in [6.07, 6.45) is 2.02. The van der Waals surface area contributed by atoms with Crippen molar-refractivity contribution in [1.82, 2.24) is 0 Å². The van der Waals surface area contributed by atoms with Gasteiger partial charge < -0.3 is 25.4 Å². The Morgan fingerprint density at radius 3 is 2.46 bits per heavy atom. The summed E-state index contributed by atoms with van der Waals surface area (Å²) in [5.41, 5.74) is 3.22. The van der Waals surface area contributed by atoms with Crippen LogP contribution in [0.2, 0.25) is 0 Å². The monoisotopic (exact) mass is 381 g/mol. The third-order valence-electron chi connectivity index (χ3n) is 5.63. The number of hydrogen-bond acceptors (Lipinski definition) is 5. The van der Waals surface area contributed by atoms with E-state index >= 15 is 0 Å². The fraction of sp³-hybridized carbons (Fsp3) is 0.409. The maximum atomic E-state index is 11.4. The predicted molar refractivity (Wildman–Crippen MR) is 112 cm³/mol. The van der Waals surface area contributed by atoms with Crippen molar-refractivity contribution in [2.24, 2.45) is 5.92 Å². The standard InChI is InChI=1S/C22H27N3O3/c1-22(2,27)15-9-11-25(12-10-15)18-6-3-16(4-7-18)23-17-5-8-19-20(13-17)28-14-21(26)24-19/h3-8,13,15,23,27H,9-12,14H2,1-2H3,(H,24,26). The van der Waals surface area contributed by atoms with Gasteiger partial charge in [-0.25, -0.2) is 0 Å². The van der Waals surface area contributed by atoms with Crippen molar-refractivity contribution in [1.29, 1.82) is 0 Å². The second kappa shape index (κ2) is 7.36. The summed E-state index contributed by atoms with van der Waals surface area (Å²) in [5.74, 6) is 0.909. The van der Waals surface area contributed by atoms with E-state index in [0.29, 0.717) is 17.4 Å². The number of fused-ring (bicyclic) bond motifs is 1. The lowest BCUT2D eigenvalue weighted by Gasteiger charge is -2.38. The molecule has 2 aliphatic heterocycles. The van der Waals surface area contributed by atoms with Crippen LogP contribution in [0.3, 0.4) is 0 Å². The minimum Gasteiger partial charge on any atom is -0.482 e. The average Bonchev–Trinajstić information content (AvgIpc) is 2.68. The van der Waals surface area contributed by atoms with E-state index in [2.05, 4.69) is 39.8 Å². The highest BCUT2D eigenvalue weighted by Gasteiger charge is 2.30. The molecule has 0 aliphatic carbocycles. The van der Waals surface area contributed by atoms with Crippen LogP contribution >= 0.6 is 0 Å². The van der Waals surface area contributed by atoms with E-state index in [1.165, 1.54) is 5.69 Å². The largest absolute Gasteiger partial charge is 0.482 e. The van der Waals surface area contributed by atoms with Crippen LogP contribution in [0.1, 0.15) is 26.7 Å². The Kier molecular flexibility index (Phi) is 4.89. The number of nitrogens with one attached hydrogen (secondary N) is 2. The predicted octanol–water partition coefficient (Wildman–Crippen LogP) is 3.75. The van der Waals surface area contributed by atoms with Gasteiger partial charge in [-0.2, -0.15) is 0 Å². The number of rotatable bonds is 4. The van der Waals surface area contributed by atoms with Gasteiger partial charge in [-0.1, -0.05) is 0 Å². The molecule has 0 radical (unpaired) electrons. The van der Waals surface area contributed by atoms with Gasteiger partial charge in [0.1, 0.15) is 5.75 Å². The maximum absolute atomic E-state index is 11.4. The molecule has 2 heterocycles. The van der Waals surface area contributed by atoms with Gasteiger partial charge in [-0.15, -0.1) is 0 Å². The quantitative estimate of drug-likeness (QED) is 0.752. The average molecular weight is 381 g/mol. The number of amides is 1. The molecule has 3 N–H and O–H groups in total. The SMILES string of the molecule is CC(C)(O)C1CCN(c2ccc(Nc3ccc4c(c3)OCC(=O)N4)cc2)CC1. The summed E-state index contributed by atoms with van der Waals surface area (Å²) in [5, 5.41) is 16.4. The van der Waals surface area contributed by atoms with E-state index in [1.807, 2.05) is 32.0 Å². The fourth-order valence-electron chi connectivity index (χ4n) is 3.92. The van der Waals surface area contributed by atoms with E-state index in [1.54, 1.807) is 0 Å². The highest BCUT2D eigenvalue weighted by atomic mass is 16.5. The van der Waals surface area contributed by atoms with Gasteiger partial charge in [0.2, 0.25) is 0 Å². The molecule has 0 saturated carbocycles. The lowest BCUT2D eigenvalue weighted by Crippen LogP contribution is -2.41. The Labute approximate surface area is 165 Å². The van der Waals surface area contributed by atoms with Gasteiger partial charge in [-0.05, 0) is 69.0 Å². The molecular formula is C22H27N3O3. The van der Waals surface area contributed by atoms with Crippen molar-refractivity contribution < 1.29 is 14.6 Å². The minimum atomic E-state index is -0.596. The summed E-state index contributed by atoms with van der Waals surface area (Å²) >= 11 is 0. The van der Waals surface area contributed by atoms with Crippen molar-refractivity contribution in [2.45, 2.75) is 32.3 Å². The number of anilines is 4. The molecule has 0 unspecified atom stereocenters. The van der Waals surface area contributed by atoms with E-state index in [9.17, 15) is 9.90 Å². The first kappa shape index (κ1) is 18.6. The number of carbonyl (C=O) groups is 1. The molecule has 2 aromatic rings. The molecule has 6 heteroatoms. The minimum absolute atomic E-state index is 0.0509. The van der Waals surface area contributed by atoms with Gasteiger partial charge >= 0.3 is 0 Å². The van der Waals surface area contributed by atoms with Crippen molar-refractivity contribution in [3.05, 3.63) is 42.5 Å². The van der Waals surface area contributed by atoms with Crippen LogP contribution < -0.4 is 20.3 Å². The Hall–Kier alpha value is -2.73. The van der Waals surface area contributed by atoms with E-state index in [-0.39, 0.29) is 12.5 Å². The molecule has 0 bridgehead atoms. The lowest BCUT2D eigenvalue weighted by atomic mass is 9.83. The Morgan fingerprint density at radius 2 is 1.79 bits per heavy atom. The van der Waals surface area contributed by atoms with E-state index < -0.39 is 5.60 Å². The van der Waals surface area contributed by atoms with Crippen LogP contribution in [0.15, 0.2) is 42.5 Å².